The van der Waals surface area contributed by atoms with Crippen molar-refractivity contribution in [3.63, 3.8) is 0 Å². The molecule has 0 saturated heterocycles. The Morgan fingerprint density at radius 2 is 1.59 bits per heavy atom. The molecule has 0 amide bonds. The van der Waals surface area contributed by atoms with E-state index in [2.05, 4.69) is 4.74 Å². The summed E-state index contributed by atoms with van der Waals surface area (Å²) in [5.41, 5.74) is 1.21. The van der Waals surface area contributed by atoms with Gasteiger partial charge in [0.05, 0.1) is 19.3 Å². The number of carbonyl (C=O) groups excluding carboxylic acids is 2. The molecule has 0 N–H and O–H groups in total. The highest BCUT2D eigenvalue weighted by Gasteiger charge is 2.06. The molecule has 0 heterocycles. The summed E-state index contributed by atoms with van der Waals surface area (Å²) in [6.45, 7) is 0.455. The van der Waals surface area contributed by atoms with Crippen LogP contribution in [0.3, 0.4) is 0 Å². The van der Waals surface area contributed by atoms with Crippen molar-refractivity contribution in [3.05, 3.63) is 65.7 Å². The predicted octanol–water partition coefficient (Wildman–Crippen LogP) is 3.52. The molecule has 0 spiro atoms. The second kappa shape index (κ2) is 7.98. The van der Waals surface area contributed by atoms with Gasteiger partial charge in [0.15, 0.2) is 5.78 Å². The highest BCUT2D eigenvalue weighted by atomic mass is 16.5. The lowest BCUT2D eigenvalue weighted by Gasteiger charge is -2.06. The van der Waals surface area contributed by atoms with E-state index in [1.54, 1.807) is 24.3 Å². The highest BCUT2D eigenvalue weighted by Crippen LogP contribution is 2.13. The number of ketones is 1. The van der Waals surface area contributed by atoms with Crippen molar-refractivity contribution in [2.45, 2.75) is 12.8 Å². The first-order valence-electron chi connectivity index (χ1n) is 7.10. The van der Waals surface area contributed by atoms with E-state index in [1.165, 1.54) is 7.11 Å². The summed E-state index contributed by atoms with van der Waals surface area (Å²) in [6.07, 6.45) is 1.09. The van der Waals surface area contributed by atoms with Crippen molar-refractivity contribution in [2.24, 2.45) is 0 Å². The Hall–Kier alpha value is -2.62. The Morgan fingerprint density at radius 1 is 0.909 bits per heavy atom. The van der Waals surface area contributed by atoms with E-state index in [1.807, 2.05) is 30.3 Å². The highest BCUT2D eigenvalue weighted by molar-refractivity contribution is 5.95. The summed E-state index contributed by atoms with van der Waals surface area (Å²) < 4.78 is 10.2. The Morgan fingerprint density at radius 3 is 2.23 bits per heavy atom. The van der Waals surface area contributed by atoms with Crippen molar-refractivity contribution >= 4 is 11.8 Å². The number of rotatable bonds is 7. The maximum absolute atomic E-state index is 11.9. The summed E-state index contributed by atoms with van der Waals surface area (Å²) in [4.78, 5) is 23.2. The molecule has 0 aliphatic heterocycles. The maximum atomic E-state index is 11.9. The van der Waals surface area contributed by atoms with Gasteiger partial charge in [0.1, 0.15) is 5.75 Å². The number of hydrogen-bond acceptors (Lipinski definition) is 4. The maximum Gasteiger partial charge on any atom is 0.337 e. The van der Waals surface area contributed by atoms with E-state index >= 15 is 0 Å². The van der Waals surface area contributed by atoms with Gasteiger partial charge in [0.2, 0.25) is 0 Å². The molecule has 22 heavy (non-hydrogen) atoms. The molecule has 4 nitrogen and oxygen atoms in total. The number of methoxy groups -OCH3 is 1. The lowest BCUT2D eigenvalue weighted by molar-refractivity contribution is 0.0600. The Kier molecular flexibility index (Phi) is 5.72. The molecular formula is C18H18O4. The zero-order valence-corrected chi connectivity index (χ0v) is 12.5. The predicted molar refractivity (Wildman–Crippen MR) is 83.3 cm³/mol. The van der Waals surface area contributed by atoms with Crippen LogP contribution in [0.1, 0.15) is 33.6 Å². The molecule has 0 bridgehead atoms. The second-order valence-electron chi connectivity index (χ2n) is 4.76. The molecule has 4 heteroatoms. The van der Waals surface area contributed by atoms with Crippen molar-refractivity contribution in [1.82, 2.24) is 0 Å². The Balaban J connectivity index is 1.75. The molecule has 0 unspecified atom stereocenters. The minimum Gasteiger partial charge on any atom is -0.494 e. The Bertz CT molecular complexity index is 617. The SMILES string of the molecule is COC(=O)c1ccc(OCCCC(=O)c2ccccc2)cc1. The fourth-order valence-corrected chi connectivity index (χ4v) is 2.00. The van der Waals surface area contributed by atoms with E-state index < -0.39 is 0 Å². The average molecular weight is 298 g/mol. The number of hydrogen-bond donors (Lipinski definition) is 0. The summed E-state index contributed by atoms with van der Waals surface area (Å²) in [5.74, 6) is 0.407. The summed E-state index contributed by atoms with van der Waals surface area (Å²) >= 11 is 0. The zero-order chi connectivity index (χ0) is 15.8. The molecule has 2 aromatic carbocycles. The van der Waals surface area contributed by atoms with Crippen LogP contribution in [-0.4, -0.2) is 25.5 Å². The van der Waals surface area contributed by atoms with Crippen LogP contribution >= 0.6 is 0 Å². The Labute approximate surface area is 129 Å². The van der Waals surface area contributed by atoms with E-state index in [4.69, 9.17) is 4.74 Å². The standard InChI is InChI=1S/C18H18O4/c1-21-18(20)15-9-11-16(12-10-15)22-13-5-8-17(19)14-6-3-2-4-7-14/h2-4,6-7,9-12H,5,8,13H2,1H3. The van der Waals surface area contributed by atoms with E-state index in [0.29, 0.717) is 30.8 Å². The number of benzene rings is 2. The molecule has 0 aliphatic carbocycles. The molecule has 0 saturated carbocycles. The molecule has 114 valence electrons. The monoisotopic (exact) mass is 298 g/mol. The lowest BCUT2D eigenvalue weighted by atomic mass is 10.1. The van der Waals surface area contributed by atoms with Crippen molar-refractivity contribution < 1.29 is 19.1 Å². The lowest BCUT2D eigenvalue weighted by Crippen LogP contribution is -2.04. The fraction of sp³-hybridized carbons (Fsp3) is 0.222. The summed E-state index contributed by atoms with van der Waals surface area (Å²) in [7, 11) is 1.34. The van der Waals surface area contributed by atoms with E-state index in [0.717, 1.165) is 5.56 Å². The number of Topliss-reactive ketones (excluding diaryl/α,β-unsaturated/α-hetero) is 1. The van der Waals surface area contributed by atoms with Crippen LogP contribution in [0.15, 0.2) is 54.6 Å². The van der Waals surface area contributed by atoms with Gasteiger partial charge in [-0.05, 0) is 30.7 Å². The molecule has 2 aromatic rings. The number of esters is 1. The van der Waals surface area contributed by atoms with E-state index in [-0.39, 0.29) is 11.8 Å². The summed E-state index contributed by atoms with van der Waals surface area (Å²) in [6, 6.07) is 15.9. The second-order valence-corrected chi connectivity index (χ2v) is 4.76. The number of carbonyl (C=O) groups is 2. The van der Waals surface area contributed by atoms with Crippen LogP contribution in [0.25, 0.3) is 0 Å². The van der Waals surface area contributed by atoms with Crippen LogP contribution in [0.2, 0.25) is 0 Å². The van der Waals surface area contributed by atoms with Gasteiger partial charge in [-0.1, -0.05) is 30.3 Å². The average Bonchev–Trinajstić information content (AvgIpc) is 2.59. The van der Waals surface area contributed by atoms with Gasteiger partial charge in [-0.15, -0.1) is 0 Å². The minimum absolute atomic E-state index is 0.116. The topological polar surface area (TPSA) is 52.6 Å². The smallest absolute Gasteiger partial charge is 0.337 e. The van der Waals surface area contributed by atoms with Crippen molar-refractivity contribution in [3.8, 4) is 5.75 Å². The molecule has 0 atom stereocenters. The third kappa shape index (κ3) is 4.45. The van der Waals surface area contributed by atoms with Gasteiger partial charge in [0.25, 0.3) is 0 Å². The largest absolute Gasteiger partial charge is 0.494 e. The molecule has 0 radical (unpaired) electrons. The first-order chi connectivity index (χ1) is 10.7. The molecular weight excluding hydrogens is 280 g/mol. The fourth-order valence-electron chi connectivity index (χ4n) is 2.00. The van der Waals surface area contributed by atoms with Gasteiger partial charge in [-0.3, -0.25) is 4.79 Å². The van der Waals surface area contributed by atoms with Crippen LogP contribution in [0, 0.1) is 0 Å². The minimum atomic E-state index is -0.375. The normalized spacial score (nSPS) is 10.0. The van der Waals surface area contributed by atoms with Gasteiger partial charge < -0.3 is 9.47 Å². The molecule has 0 aliphatic rings. The van der Waals surface area contributed by atoms with Crippen LogP contribution < -0.4 is 4.74 Å². The third-order valence-electron chi connectivity index (χ3n) is 3.19. The van der Waals surface area contributed by atoms with Crippen molar-refractivity contribution in [1.29, 1.82) is 0 Å². The van der Waals surface area contributed by atoms with Crippen LogP contribution in [0.5, 0.6) is 5.75 Å². The van der Waals surface area contributed by atoms with E-state index in [9.17, 15) is 9.59 Å². The first kappa shape index (κ1) is 15.8. The molecule has 0 aromatic heterocycles. The van der Waals surface area contributed by atoms with Crippen LogP contribution in [-0.2, 0) is 4.74 Å². The first-order valence-corrected chi connectivity index (χ1v) is 7.10. The van der Waals surface area contributed by atoms with Gasteiger partial charge in [-0.2, -0.15) is 0 Å². The summed E-state index contributed by atoms with van der Waals surface area (Å²) in [5, 5.41) is 0. The number of ether oxygens (including phenoxy) is 2. The quantitative estimate of drug-likeness (QED) is 0.446. The third-order valence-corrected chi connectivity index (χ3v) is 3.19. The van der Waals surface area contributed by atoms with Crippen molar-refractivity contribution in [2.75, 3.05) is 13.7 Å². The zero-order valence-electron chi connectivity index (χ0n) is 12.5. The molecule has 0 fully saturated rings. The molecule has 2 rings (SSSR count). The van der Waals surface area contributed by atoms with Gasteiger partial charge in [0, 0.05) is 12.0 Å². The van der Waals surface area contributed by atoms with Gasteiger partial charge >= 0.3 is 5.97 Å². The van der Waals surface area contributed by atoms with Crippen LogP contribution in [0.4, 0.5) is 0 Å². The van der Waals surface area contributed by atoms with Gasteiger partial charge in [-0.25, -0.2) is 4.79 Å².